The van der Waals surface area contributed by atoms with E-state index < -0.39 is 5.41 Å². The van der Waals surface area contributed by atoms with Gasteiger partial charge in [-0.3, -0.25) is 0 Å². The number of benzene rings is 2. The first-order valence-electron chi connectivity index (χ1n) is 8.92. The molecule has 0 spiro atoms. The first-order valence-corrected chi connectivity index (χ1v) is 8.92. The monoisotopic (exact) mass is 349 g/mol. The second-order valence-electron chi connectivity index (χ2n) is 6.43. The summed E-state index contributed by atoms with van der Waals surface area (Å²) in [6.45, 7) is 3.67. The van der Waals surface area contributed by atoms with Gasteiger partial charge in [-0.05, 0) is 49.6 Å². The number of hydrogen-bond acceptors (Lipinski definition) is 3. The van der Waals surface area contributed by atoms with Crippen molar-refractivity contribution in [2.24, 2.45) is 0 Å². The standard InChI is InChI=1S/C21H23N3O2/c1-2-26-19-10-8-18(9-11-19)23-20(25)24-14-12-21(16-22,13-15-24)17-6-4-3-5-7-17/h3-11H,2,12-15H2,1H3,(H,23,25). The van der Waals surface area contributed by atoms with Crippen molar-refractivity contribution >= 4 is 11.7 Å². The Morgan fingerprint density at radius 3 is 2.38 bits per heavy atom. The molecular weight excluding hydrogens is 326 g/mol. The van der Waals surface area contributed by atoms with E-state index in [1.807, 2.05) is 61.5 Å². The Hall–Kier alpha value is -3.00. The van der Waals surface area contributed by atoms with E-state index >= 15 is 0 Å². The van der Waals surface area contributed by atoms with Crippen molar-refractivity contribution in [3.05, 3.63) is 60.2 Å². The third-order valence-electron chi connectivity index (χ3n) is 4.86. The van der Waals surface area contributed by atoms with Crippen LogP contribution in [0.2, 0.25) is 0 Å². The number of urea groups is 1. The highest BCUT2D eigenvalue weighted by molar-refractivity contribution is 5.89. The fraction of sp³-hybridized carbons (Fsp3) is 0.333. The van der Waals surface area contributed by atoms with E-state index in [1.54, 1.807) is 4.90 Å². The summed E-state index contributed by atoms with van der Waals surface area (Å²) in [6.07, 6.45) is 1.29. The lowest BCUT2D eigenvalue weighted by Crippen LogP contribution is -2.46. The van der Waals surface area contributed by atoms with Gasteiger partial charge < -0.3 is 15.0 Å². The number of hydrogen-bond donors (Lipinski definition) is 1. The molecule has 1 N–H and O–H groups in total. The van der Waals surface area contributed by atoms with Gasteiger partial charge in [-0.2, -0.15) is 5.26 Å². The number of likely N-dealkylation sites (tertiary alicyclic amines) is 1. The molecule has 0 aliphatic carbocycles. The van der Waals surface area contributed by atoms with Gasteiger partial charge in [0.25, 0.3) is 0 Å². The molecule has 5 nitrogen and oxygen atoms in total. The van der Waals surface area contributed by atoms with Crippen LogP contribution in [-0.2, 0) is 5.41 Å². The topological polar surface area (TPSA) is 65.4 Å². The minimum Gasteiger partial charge on any atom is -0.494 e. The Kier molecular flexibility index (Phi) is 5.43. The number of ether oxygens (including phenoxy) is 1. The fourth-order valence-corrected chi connectivity index (χ4v) is 3.32. The molecule has 0 bridgehead atoms. The minimum atomic E-state index is -0.503. The molecule has 1 saturated heterocycles. The first-order chi connectivity index (χ1) is 12.7. The van der Waals surface area contributed by atoms with E-state index in [0.717, 1.165) is 17.0 Å². The van der Waals surface area contributed by atoms with Gasteiger partial charge in [-0.25, -0.2) is 4.79 Å². The van der Waals surface area contributed by atoms with Gasteiger partial charge in [0, 0.05) is 18.8 Å². The lowest BCUT2D eigenvalue weighted by molar-refractivity contribution is 0.183. The summed E-state index contributed by atoms with van der Waals surface area (Å²) < 4.78 is 5.41. The average Bonchev–Trinajstić information content (AvgIpc) is 2.70. The largest absolute Gasteiger partial charge is 0.494 e. The molecule has 1 fully saturated rings. The van der Waals surface area contributed by atoms with Crippen molar-refractivity contribution in [2.45, 2.75) is 25.2 Å². The van der Waals surface area contributed by atoms with Crippen LogP contribution >= 0.6 is 0 Å². The van der Waals surface area contributed by atoms with Gasteiger partial charge in [0.05, 0.1) is 18.1 Å². The lowest BCUT2D eigenvalue weighted by atomic mass is 9.74. The zero-order chi connectivity index (χ0) is 18.4. The molecule has 0 radical (unpaired) electrons. The number of anilines is 1. The van der Waals surface area contributed by atoms with Crippen LogP contribution in [-0.4, -0.2) is 30.6 Å². The zero-order valence-corrected chi connectivity index (χ0v) is 14.9. The average molecular weight is 349 g/mol. The molecule has 134 valence electrons. The molecule has 1 aliphatic heterocycles. The minimum absolute atomic E-state index is 0.131. The number of carbonyl (C=O) groups excluding carboxylic acids is 1. The highest BCUT2D eigenvalue weighted by atomic mass is 16.5. The zero-order valence-electron chi connectivity index (χ0n) is 14.9. The van der Waals surface area contributed by atoms with Crippen molar-refractivity contribution < 1.29 is 9.53 Å². The summed E-state index contributed by atoms with van der Waals surface area (Å²) in [4.78, 5) is 14.3. The molecular formula is C21H23N3O2. The van der Waals surface area contributed by atoms with E-state index in [1.165, 1.54) is 0 Å². The summed E-state index contributed by atoms with van der Waals surface area (Å²) in [5.41, 5.74) is 1.27. The second-order valence-corrected chi connectivity index (χ2v) is 6.43. The molecule has 26 heavy (non-hydrogen) atoms. The molecule has 2 amide bonds. The highest BCUT2D eigenvalue weighted by Crippen LogP contribution is 2.35. The van der Waals surface area contributed by atoms with E-state index in [-0.39, 0.29) is 6.03 Å². The summed E-state index contributed by atoms with van der Waals surface area (Å²) in [5.74, 6) is 0.783. The van der Waals surface area contributed by atoms with Gasteiger partial charge in [0.15, 0.2) is 0 Å². The summed E-state index contributed by atoms with van der Waals surface area (Å²) >= 11 is 0. The van der Waals surface area contributed by atoms with Gasteiger partial charge in [-0.15, -0.1) is 0 Å². The fourth-order valence-electron chi connectivity index (χ4n) is 3.32. The number of nitrogens with one attached hydrogen (secondary N) is 1. The number of carbonyl (C=O) groups is 1. The molecule has 0 unspecified atom stereocenters. The van der Waals surface area contributed by atoms with Crippen LogP contribution in [0.15, 0.2) is 54.6 Å². The number of amides is 2. The Morgan fingerprint density at radius 2 is 1.81 bits per heavy atom. The smallest absolute Gasteiger partial charge is 0.321 e. The molecule has 0 atom stereocenters. The second kappa shape index (κ2) is 7.92. The Morgan fingerprint density at radius 1 is 1.15 bits per heavy atom. The van der Waals surface area contributed by atoms with E-state index in [2.05, 4.69) is 11.4 Å². The van der Waals surface area contributed by atoms with Gasteiger partial charge in [0.1, 0.15) is 5.75 Å². The summed E-state index contributed by atoms with van der Waals surface area (Å²) in [5, 5.41) is 12.7. The van der Waals surface area contributed by atoms with Crippen molar-refractivity contribution in [3.8, 4) is 11.8 Å². The van der Waals surface area contributed by atoms with Crippen molar-refractivity contribution in [2.75, 3.05) is 25.0 Å². The molecule has 5 heteroatoms. The lowest BCUT2D eigenvalue weighted by Gasteiger charge is -2.37. The molecule has 1 aliphatic rings. The van der Waals surface area contributed by atoms with Crippen molar-refractivity contribution in [1.82, 2.24) is 4.90 Å². The van der Waals surface area contributed by atoms with Crippen LogP contribution in [0.5, 0.6) is 5.75 Å². The summed E-state index contributed by atoms with van der Waals surface area (Å²) in [6, 6.07) is 19.6. The van der Waals surface area contributed by atoms with Crippen LogP contribution in [0.3, 0.4) is 0 Å². The molecule has 3 rings (SSSR count). The van der Waals surface area contributed by atoms with E-state index in [4.69, 9.17) is 4.74 Å². The maximum Gasteiger partial charge on any atom is 0.321 e. The van der Waals surface area contributed by atoms with Crippen LogP contribution in [0.1, 0.15) is 25.3 Å². The number of piperidine rings is 1. The SMILES string of the molecule is CCOc1ccc(NC(=O)N2CCC(C#N)(c3ccccc3)CC2)cc1. The van der Waals surface area contributed by atoms with E-state index in [0.29, 0.717) is 32.5 Å². The molecule has 1 heterocycles. The molecule has 0 saturated carbocycles. The van der Waals surface area contributed by atoms with Gasteiger partial charge in [0.2, 0.25) is 0 Å². The van der Waals surface area contributed by atoms with Crippen molar-refractivity contribution in [1.29, 1.82) is 5.26 Å². The maximum absolute atomic E-state index is 12.5. The van der Waals surface area contributed by atoms with Gasteiger partial charge in [-0.1, -0.05) is 30.3 Å². The van der Waals surface area contributed by atoms with Crippen LogP contribution in [0.4, 0.5) is 10.5 Å². The van der Waals surface area contributed by atoms with Gasteiger partial charge >= 0.3 is 6.03 Å². The Labute approximate surface area is 154 Å². The highest BCUT2D eigenvalue weighted by Gasteiger charge is 2.37. The predicted molar refractivity (Wildman–Crippen MR) is 101 cm³/mol. The molecule has 0 aromatic heterocycles. The Balaban J connectivity index is 1.60. The first kappa shape index (κ1) is 17.8. The molecule has 2 aromatic rings. The number of rotatable bonds is 4. The third-order valence-corrected chi connectivity index (χ3v) is 4.86. The maximum atomic E-state index is 12.5. The number of nitrogens with zero attached hydrogens (tertiary/aromatic N) is 2. The third kappa shape index (κ3) is 3.80. The van der Waals surface area contributed by atoms with E-state index in [9.17, 15) is 10.1 Å². The van der Waals surface area contributed by atoms with Crippen LogP contribution in [0, 0.1) is 11.3 Å². The molecule has 2 aromatic carbocycles. The quantitative estimate of drug-likeness (QED) is 0.901. The Bertz CT molecular complexity index is 773. The number of nitriles is 1. The predicted octanol–water partition coefficient (Wildman–Crippen LogP) is 4.17. The van der Waals surface area contributed by atoms with Crippen molar-refractivity contribution in [3.63, 3.8) is 0 Å². The van der Waals surface area contributed by atoms with Crippen LogP contribution < -0.4 is 10.1 Å². The van der Waals surface area contributed by atoms with Crippen LogP contribution in [0.25, 0.3) is 0 Å². The summed E-state index contributed by atoms with van der Waals surface area (Å²) in [7, 11) is 0. The normalized spacial score (nSPS) is 15.8.